The Morgan fingerprint density at radius 2 is 1.68 bits per heavy atom. The van der Waals surface area contributed by atoms with Gasteiger partial charge in [-0.25, -0.2) is 27.0 Å². The highest BCUT2D eigenvalue weighted by molar-refractivity contribution is 7.92. The molecule has 0 aliphatic heterocycles. The smallest absolute Gasteiger partial charge is 0.435 e. The van der Waals surface area contributed by atoms with Gasteiger partial charge in [0.05, 0.1) is 45.8 Å². The first kappa shape index (κ1) is 54.5. The summed E-state index contributed by atoms with van der Waals surface area (Å²) < 4.78 is 196. The number of halogens is 11. The lowest BCUT2D eigenvalue weighted by Gasteiger charge is -2.24. The van der Waals surface area contributed by atoms with Crippen molar-refractivity contribution in [3.05, 3.63) is 98.7 Å². The Labute approximate surface area is 414 Å². The summed E-state index contributed by atoms with van der Waals surface area (Å²) in [6.07, 6.45) is -12.6. The molecule has 3 amide bonds. The predicted octanol–water partition coefficient (Wildman–Crippen LogP) is 7.46. The molecule has 2 aromatic carbocycles. The van der Waals surface area contributed by atoms with E-state index >= 15 is 8.78 Å². The molecule has 4 atom stereocenters. The minimum Gasteiger partial charge on any atom is -0.755 e. The van der Waals surface area contributed by atoms with E-state index in [0.717, 1.165) is 36.6 Å². The Bertz CT molecular complexity index is 3240. The van der Waals surface area contributed by atoms with Crippen molar-refractivity contribution in [3.8, 4) is 23.0 Å². The number of carbonyl (C=O) groups is 3. The second kappa shape index (κ2) is 19.8. The minimum absolute atomic E-state index is 0.192. The van der Waals surface area contributed by atoms with Gasteiger partial charge in [0, 0.05) is 53.3 Å². The summed E-state index contributed by atoms with van der Waals surface area (Å²) >= 11 is 3.21. The van der Waals surface area contributed by atoms with Crippen LogP contribution in [0.15, 0.2) is 42.5 Å². The van der Waals surface area contributed by atoms with Crippen molar-refractivity contribution in [1.82, 2.24) is 39.5 Å². The summed E-state index contributed by atoms with van der Waals surface area (Å²) in [7, 11) is -3.90. The number of alkyl halides is 8. The van der Waals surface area contributed by atoms with Gasteiger partial charge in [-0.2, -0.15) is 45.3 Å². The molecule has 2 unspecified atom stereocenters. The molecule has 3 N–H and O–H groups in total. The van der Waals surface area contributed by atoms with Crippen molar-refractivity contribution in [2.45, 2.75) is 94.1 Å². The molecule has 16 nitrogen and oxygen atoms in total. The van der Waals surface area contributed by atoms with Crippen LogP contribution in [0.1, 0.15) is 84.7 Å². The van der Waals surface area contributed by atoms with Crippen LogP contribution in [0.2, 0.25) is 5.02 Å². The van der Waals surface area contributed by atoms with Crippen molar-refractivity contribution in [1.29, 1.82) is 0 Å². The zero-order chi connectivity index (χ0) is 53.9. The van der Waals surface area contributed by atoms with Gasteiger partial charge in [0.2, 0.25) is 11.8 Å². The van der Waals surface area contributed by atoms with Gasteiger partial charge in [0.25, 0.3) is 5.92 Å². The fourth-order valence-corrected chi connectivity index (χ4v) is 9.36. The molecule has 1 fully saturated rings. The highest BCUT2D eigenvalue weighted by Gasteiger charge is 2.68. The zero-order valence-corrected chi connectivity index (χ0v) is 40.3. The number of sulfone groups is 1. The number of aromatic nitrogens is 5. The summed E-state index contributed by atoms with van der Waals surface area (Å²) in [6, 6.07) is 4.94. The molecule has 73 heavy (non-hydrogen) atoms. The van der Waals surface area contributed by atoms with Crippen molar-refractivity contribution in [2.75, 3.05) is 12.8 Å². The third kappa shape index (κ3) is 11.7. The van der Waals surface area contributed by atoms with E-state index < -0.39 is 158 Å². The van der Waals surface area contributed by atoms with Crippen LogP contribution >= 0.6 is 11.6 Å². The first-order valence-corrected chi connectivity index (χ1v) is 24.7. The standard InChI is InChI=1S/C44H39ClF10N8O8S2/c1-41(2,73(3,70)71)11-10-24-6-7-25(26-8-9-29(45)35-31(59-62(37(26)35)20-42(48,49)50)18-63(72(68)69)33(65)5-4-12-56-40(66)67)36(57-24)30(15-21-13-22(46)16-23(47)14-21)58-32(64)19-61-39-34(38(60-61)44(53,54)55)27-17-28(27)43(39,51)52/h6-9,13-14,16,27-28,30,56H,4-5,12,15,17-20H2,1-3H3,(H,58,64)(H,66,67)(H,68,69)/p-1/t27-,28+,30?/m0/s1. The molecule has 0 bridgehead atoms. The number of hydrogen-bond acceptors (Lipinski definition) is 10. The van der Waals surface area contributed by atoms with Crippen LogP contribution in [-0.2, 0) is 68.8 Å². The number of hydrogen-bond donors (Lipinski definition) is 3. The van der Waals surface area contributed by atoms with Crippen molar-refractivity contribution >= 4 is 61.5 Å². The maximum atomic E-state index is 15.6. The fourth-order valence-electron chi connectivity index (χ4n) is 8.38. The number of nitrogens with zero attached hydrogens (tertiary/aromatic N) is 6. The lowest BCUT2D eigenvalue weighted by Crippen LogP contribution is -2.35. The molecule has 0 radical (unpaired) electrons. The van der Waals surface area contributed by atoms with E-state index in [-0.39, 0.29) is 61.2 Å². The SMILES string of the molecule is CC(C)(C#Cc1ccc(-c2ccc(Cl)c3c(CN(C(=O)CCCNC(=O)O)S(=O)[O-])nn(CC(F)(F)F)c23)c(C(Cc2cc(F)cc(F)c2)NC(=O)Cn2nc(C(F)(F)F)c3c2C(F)(F)[C@@H]2C[C@H]32)n1)S(C)(=O)=O. The van der Waals surface area contributed by atoms with E-state index in [1.807, 2.05) is 5.32 Å². The summed E-state index contributed by atoms with van der Waals surface area (Å²) in [5.41, 5.74) is -6.12. The first-order valence-electron chi connectivity index (χ1n) is 21.4. The normalized spacial score (nSPS) is 17.0. The Morgan fingerprint density at radius 3 is 2.29 bits per heavy atom. The fraction of sp³-hybridized carbons (Fsp3) is 0.409. The van der Waals surface area contributed by atoms with Gasteiger partial charge in [-0.15, -0.1) is 0 Å². The number of amides is 3. The number of rotatable bonds is 16. The topological polar surface area (TPSA) is 222 Å². The molecule has 2 aliphatic rings. The molecule has 5 aromatic rings. The van der Waals surface area contributed by atoms with Crippen LogP contribution in [0, 0.1) is 29.4 Å². The number of carbonyl (C=O) groups excluding carboxylic acids is 2. The number of pyridine rings is 1. The molecule has 0 spiro atoms. The molecular formula is C44H38ClF10N8O8S2-. The average Bonchev–Trinajstić information content (AvgIpc) is 3.77. The largest absolute Gasteiger partial charge is 0.755 e. The van der Waals surface area contributed by atoms with Crippen LogP contribution in [0.5, 0.6) is 0 Å². The van der Waals surface area contributed by atoms with Crippen molar-refractivity contribution < 1.29 is 80.6 Å². The van der Waals surface area contributed by atoms with E-state index in [9.17, 15) is 66.7 Å². The molecule has 1 saturated carbocycles. The summed E-state index contributed by atoms with van der Waals surface area (Å²) in [5.74, 6) is -6.18. The van der Waals surface area contributed by atoms with Crippen molar-refractivity contribution in [3.63, 3.8) is 0 Å². The number of carboxylic acid groups (broad SMARTS) is 1. The van der Waals surface area contributed by atoms with Gasteiger partial charge in [-0.05, 0) is 80.8 Å². The number of fused-ring (bicyclic) bond motifs is 4. The average molecular weight is 1100 g/mol. The molecule has 2 aliphatic carbocycles. The van der Waals surface area contributed by atoms with Gasteiger partial charge in [-0.3, -0.25) is 27.5 Å². The second-order valence-corrected chi connectivity index (χ2v) is 21.5. The maximum Gasteiger partial charge on any atom is 0.435 e. The van der Waals surface area contributed by atoms with Crippen LogP contribution in [0.25, 0.3) is 22.0 Å². The van der Waals surface area contributed by atoms with E-state index in [2.05, 4.69) is 32.3 Å². The highest BCUT2D eigenvalue weighted by atomic mass is 35.5. The molecule has 392 valence electrons. The van der Waals surface area contributed by atoms with E-state index in [0.29, 0.717) is 10.7 Å². The Morgan fingerprint density at radius 1 is 1.03 bits per heavy atom. The first-order chi connectivity index (χ1) is 33.8. The van der Waals surface area contributed by atoms with Gasteiger partial charge in [0.1, 0.15) is 40.9 Å². The Hall–Kier alpha value is -6.31. The predicted molar refractivity (Wildman–Crippen MR) is 237 cm³/mol. The Balaban J connectivity index is 1.43. The zero-order valence-electron chi connectivity index (χ0n) is 37.9. The van der Waals surface area contributed by atoms with Crippen molar-refractivity contribution in [2.24, 2.45) is 5.92 Å². The lowest BCUT2D eigenvalue weighted by atomic mass is 9.93. The summed E-state index contributed by atoms with van der Waals surface area (Å²) in [5, 5.41) is 19.9. The second-order valence-electron chi connectivity index (χ2n) is 17.6. The van der Waals surface area contributed by atoms with Gasteiger partial charge in [-0.1, -0.05) is 23.6 Å². The van der Waals surface area contributed by atoms with Crippen LogP contribution in [0.3, 0.4) is 0 Å². The van der Waals surface area contributed by atoms with Crippen LogP contribution in [-0.4, -0.2) is 92.8 Å². The number of benzene rings is 2. The van der Waals surface area contributed by atoms with Crippen LogP contribution in [0.4, 0.5) is 48.7 Å². The van der Waals surface area contributed by atoms with Gasteiger partial charge >= 0.3 is 18.4 Å². The highest BCUT2D eigenvalue weighted by Crippen LogP contribution is 2.68. The van der Waals surface area contributed by atoms with Crippen LogP contribution < -0.4 is 10.6 Å². The third-order valence-corrected chi connectivity index (χ3v) is 15.0. The third-order valence-electron chi connectivity index (χ3n) is 12.0. The molecule has 7 rings (SSSR count). The van der Waals surface area contributed by atoms with Gasteiger partial charge < -0.3 is 20.3 Å². The van der Waals surface area contributed by atoms with E-state index in [1.54, 1.807) is 0 Å². The lowest BCUT2D eigenvalue weighted by molar-refractivity contribution is -0.143. The monoisotopic (exact) mass is 1100 g/mol. The maximum absolute atomic E-state index is 15.6. The molecule has 0 saturated heterocycles. The van der Waals surface area contributed by atoms with Gasteiger partial charge in [0.15, 0.2) is 15.5 Å². The van der Waals surface area contributed by atoms with E-state index in [4.69, 9.17) is 16.7 Å². The quantitative estimate of drug-likeness (QED) is 0.0381. The Kier molecular flexibility index (Phi) is 14.8. The minimum atomic E-state index is -5.22. The molecule has 3 heterocycles. The molecular weight excluding hydrogens is 1060 g/mol. The summed E-state index contributed by atoms with van der Waals surface area (Å²) in [6.45, 7) is -2.04. The molecule has 3 aromatic heterocycles. The molecule has 29 heteroatoms. The van der Waals surface area contributed by atoms with E-state index in [1.165, 1.54) is 19.9 Å². The number of nitrogens with one attached hydrogen (secondary N) is 2. The summed E-state index contributed by atoms with van der Waals surface area (Å²) in [4.78, 5) is 42.7.